The number of esters is 1. The molecule has 0 spiro atoms. The van der Waals surface area contributed by atoms with Crippen molar-refractivity contribution in [2.45, 2.75) is 0 Å². The van der Waals surface area contributed by atoms with E-state index >= 15 is 0 Å². The molecule has 5 nitrogen and oxygen atoms in total. The number of hydrogen-bond donors (Lipinski definition) is 0. The lowest BCUT2D eigenvalue weighted by Gasteiger charge is -2.10. The van der Waals surface area contributed by atoms with Crippen LogP contribution in [-0.4, -0.2) is 26.4 Å². The van der Waals surface area contributed by atoms with Crippen molar-refractivity contribution < 1.29 is 23.4 Å². The topological polar surface area (TPSA) is 57.1 Å². The van der Waals surface area contributed by atoms with Crippen molar-refractivity contribution in [2.24, 2.45) is 4.99 Å². The van der Waals surface area contributed by atoms with Gasteiger partial charge < -0.3 is 14.2 Å². The van der Waals surface area contributed by atoms with Crippen molar-refractivity contribution in [2.75, 3.05) is 14.2 Å². The smallest absolute Gasteiger partial charge is 0.343 e. The summed E-state index contributed by atoms with van der Waals surface area (Å²) in [4.78, 5) is 16.6. The molecule has 29 heavy (non-hydrogen) atoms. The van der Waals surface area contributed by atoms with Gasteiger partial charge in [-0.2, -0.15) is 0 Å². The van der Waals surface area contributed by atoms with Crippen LogP contribution in [0.2, 0.25) is 5.02 Å². The van der Waals surface area contributed by atoms with Crippen molar-refractivity contribution in [3.05, 3.63) is 82.6 Å². The number of hydrogen-bond acceptors (Lipinski definition) is 5. The van der Waals surface area contributed by atoms with Gasteiger partial charge in [-0.15, -0.1) is 0 Å². The molecule has 0 heterocycles. The molecule has 0 aliphatic carbocycles. The molecule has 0 aliphatic heterocycles. The van der Waals surface area contributed by atoms with E-state index in [4.69, 9.17) is 25.8 Å². The van der Waals surface area contributed by atoms with E-state index < -0.39 is 11.8 Å². The van der Waals surface area contributed by atoms with E-state index in [1.807, 2.05) is 0 Å². The molecule has 7 heteroatoms. The van der Waals surface area contributed by atoms with Crippen LogP contribution in [0.5, 0.6) is 17.2 Å². The second-order valence-corrected chi connectivity index (χ2v) is 6.29. The van der Waals surface area contributed by atoms with Gasteiger partial charge in [0.1, 0.15) is 11.6 Å². The van der Waals surface area contributed by atoms with Gasteiger partial charge in [-0.25, -0.2) is 9.18 Å². The Labute approximate surface area is 172 Å². The number of halogens is 2. The molecule has 0 amide bonds. The Kier molecular flexibility index (Phi) is 6.46. The first-order valence-electron chi connectivity index (χ1n) is 8.53. The van der Waals surface area contributed by atoms with E-state index in [9.17, 15) is 9.18 Å². The third kappa shape index (κ3) is 5.12. The Bertz CT molecular complexity index is 1050. The van der Waals surface area contributed by atoms with E-state index in [2.05, 4.69) is 4.99 Å². The number of aliphatic imine (C=N–C) groups is 1. The van der Waals surface area contributed by atoms with Crippen LogP contribution in [0.15, 0.2) is 65.7 Å². The highest BCUT2D eigenvalue weighted by molar-refractivity contribution is 6.31. The molecular weight excluding hydrogens is 397 g/mol. The first kappa shape index (κ1) is 20.4. The minimum atomic E-state index is -0.520. The van der Waals surface area contributed by atoms with Crippen molar-refractivity contribution in [1.29, 1.82) is 0 Å². The molecule has 0 saturated heterocycles. The number of rotatable bonds is 6. The zero-order chi connectivity index (χ0) is 20.8. The summed E-state index contributed by atoms with van der Waals surface area (Å²) in [5, 5.41) is -0.00183. The SMILES string of the molecule is COc1ccc(C(=O)Oc2ccc(C=Nc3ccc(F)c(Cl)c3)cc2OC)cc1. The highest BCUT2D eigenvalue weighted by Gasteiger charge is 2.13. The van der Waals surface area contributed by atoms with Gasteiger partial charge in [-0.3, -0.25) is 4.99 Å². The number of ether oxygens (including phenoxy) is 3. The average Bonchev–Trinajstić information content (AvgIpc) is 2.75. The Balaban J connectivity index is 1.76. The van der Waals surface area contributed by atoms with Gasteiger partial charge in [0.25, 0.3) is 0 Å². The summed E-state index contributed by atoms with van der Waals surface area (Å²) in [6.07, 6.45) is 1.57. The fourth-order valence-corrected chi connectivity index (χ4v) is 2.62. The van der Waals surface area contributed by atoms with Crippen LogP contribution in [0.25, 0.3) is 0 Å². The minimum Gasteiger partial charge on any atom is -0.497 e. The zero-order valence-corrected chi connectivity index (χ0v) is 16.4. The summed E-state index contributed by atoms with van der Waals surface area (Å²) in [5.74, 6) is 0.261. The standard InChI is InChI=1S/C22H17ClFNO4/c1-27-17-7-4-15(5-8-17)22(26)29-20-10-3-14(11-21(20)28-2)13-25-16-6-9-19(24)18(23)12-16/h3-13H,1-2H3. The van der Waals surface area contributed by atoms with Crippen LogP contribution in [0.1, 0.15) is 15.9 Å². The fourth-order valence-electron chi connectivity index (χ4n) is 2.45. The number of carbonyl (C=O) groups is 1. The molecule has 0 radical (unpaired) electrons. The van der Waals surface area contributed by atoms with E-state index in [-0.39, 0.29) is 10.8 Å². The van der Waals surface area contributed by atoms with E-state index in [0.29, 0.717) is 28.3 Å². The first-order valence-corrected chi connectivity index (χ1v) is 8.91. The van der Waals surface area contributed by atoms with Gasteiger partial charge in [-0.1, -0.05) is 11.6 Å². The normalized spacial score (nSPS) is 10.8. The van der Waals surface area contributed by atoms with Crippen LogP contribution in [0, 0.1) is 5.82 Å². The Morgan fingerprint density at radius 3 is 2.38 bits per heavy atom. The summed E-state index contributed by atoms with van der Waals surface area (Å²) in [6, 6.07) is 15.8. The summed E-state index contributed by atoms with van der Waals surface area (Å²) < 4.78 is 29.0. The number of methoxy groups -OCH3 is 2. The predicted octanol–water partition coefficient (Wildman–Crippen LogP) is 5.47. The lowest BCUT2D eigenvalue weighted by Crippen LogP contribution is -2.09. The maximum absolute atomic E-state index is 13.2. The Morgan fingerprint density at radius 1 is 0.966 bits per heavy atom. The van der Waals surface area contributed by atoms with Crippen LogP contribution >= 0.6 is 11.6 Å². The van der Waals surface area contributed by atoms with Gasteiger partial charge in [0.15, 0.2) is 11.5 Å². The van der Waals surface area contributed by atoms with Crippen LogP contribution in [0.4, 0.5) is 10.1 Å². The maximum Gasteiger partial charge on any atom is 0.343 e. The van der Waals surface area contributed by atoms with E-state index in [0.717, 1.165) is 0 Å². The molecule has 0 saturated carbocycles. The van der Waals surface area contributed by atoms with Crippen molar-refractivity contribution in [1.82, 2.24) is 0 Å². The fraction of sp³-hybridized carbons (Fsp3) is 0.0909. The van der Waals surface area contributed by atoms with Gasteiger partial charge in [0.2, 0.25) is 0 Å². The van der Waals surface area contributed by atoms with Crippen LogP contribution in [-0.2, 0) is 0 Å². The molecule has 3 rings (SSSR count). The third-order valence-electron chi connectivity index (χ3n) is 3.98. The van der Waals surface area contributed by atoms with Crippen molar-refractivity contribution >= 4 is 29.5 Å². The van der Waals surface area contributed by atoms with Gasteiger partial charge in [0.05, 0.1) is 30.5 Å². The maximum atomic E-state index is 13.2. The van der Waals surface area contributed by atoms with Gasteiger partial charge in [-0.05, 0) is 66.2 Å². The van der Waals surface area contributed by atoms with Crippen molar-refractivity contribution in [3.8, 4) is 17.2 Å². The van der Waals surface area contributed by atoms with Crippen LogP contribution in [0.3, 0.4) is 0 Å². The second kappa shape index (κ2) is 9.21. The molecule has 0 unspecified atom stereocenters. The van der Waals surface area contributed by atoms with Gasteiger partial charge in [0, 0.05) is 6.21 Å². The van der Waals surface area contributed by atoms with Gasteiger partial charge >= 0.3 is 5.97 Å². The number of nitrogens with zero attached hydrogens (tertiary/aromatic N) is 1. The monoisotopic (exact) mass is 413 g/mol. The molecule has 3 aromatic carbocycles. The highest BCUT2D eigenvalue weighted by atomic mass is 35.5. The predicted molar refractivity (Wildman–Crippen MR) is 110 cm³/mol. The van der Waals surface area contributed by atoms with E-state index in [1.54, 1.807) is 55.8 Å². The third-order valence-corrected chi connectivity index (χ3v) is 4.27. The van der Waals surface area contributed by atoms with E-state index in [1.165, 1.54) is 25.3 Å². The van der Waals surface area contributed by atoms with Crippen molar-refractivity contribution in [3.63, 3.8) is 0 Å². The lowest BCUT2D eigenvalue weighted by molar-refractivity contribution is 0.0729. The summed E-state index contributed by atoms with van der Waals surface area (Å²) in [5.41, 5.74) is 1.59. The second-order valence-electron chi connectivity index (χ2n) is 5.88. The molecule has 0 atom stereocenters. The number of benzene rings is 3. The molecule has 3 aromatic rings. The summed E-state index contributed by atoms with van der Waals surface area (Å²) in [7, 11) is 3.02. The molecule has 0 aromatic heterocycles. The molecule has 0 fully saturated rings. The average molecular weight is 414 g/mol. The Hall–Kier alpha value is -3.38. The molecule has 0 N–H and O–H groups in total. The first-order chi connectivity index (χ1) is 14.0. The quantitative estimate of drug-likeness (QED) is 0.305. The molecular formula is C22H17ClFNO4. The highest BCUT2D eigenvalue weighted by Crippen LogP contribution is 2.29. The summed E-state index contributed by atoms with van der Waals surface area (Å²) in [6.45, 7) is 0. The Morgan fingerprint density at radius 2 is 1.72 bits per heavy atom. The summed E-state index contributed by atoms with van der Waals surface area (Å²) >= 11 is 5.76. The number of carbonyl (C=O) groups excluding carboxylic acids is 1. The largest absolute Gasteiger partial charge is 0.497 e. The molecule has 0 aliphatic rings. The lowest BCUT2D eigenvalue weighted by atomic mass is 10.2. The minimum absolute atomic E-state index is 0.00183. The van der Waals surface area contributed by atoms with Crippen LogP contribution < -0.4 is 14.2 Å². The zero-order valence-electron chi connectivity index (χ0n) is 15.7. The molecule has 148 valence electrons. The molecule has 0 bridgehead atoms.